The lowest BCUT2D eigenvalue weighted by Gasteiger charge is -2.08. The Balaban J connectivity index is 1.91. The van der Waals surface area contributed by atoms with Crippen molar-refractivity contribution >= 4 is 33.0 Å². The van der Waals surface area contributed by atoms with E-state index in [9.17, 15) is 18.0 Å². The Labute approximate surface area is 147 Å². The van der Waals surface area contributed by atoms with Crippen molar-refractivity contribution in [2.75, 3.05) is 16.4 Å². The highest BCUT2D eigenvalue weighted by Crippen LogP contribution is 2.15. The van der Waals surface area contributed by atoms with E-state index >= 15 is 0 Å². The number of hydrogen-bond acceptors (Lipinski definition) is 4. The van der Waals surface area contributed by atoms with Crippen LogP contribution in [0.5, 0.6) is 0 Å². The summed E-state index contributed by atoms with van der Waals surface area (Å²) in [5, 5.41) is 5.26. The molecule has 0 bridgehead atoms. The van der Waals surface area contributed by atoms with Gasteiger partial charge in [0.15, 0.2) is 9.84 Å². The van der Waals surface area contributed by atoms with Crippen LogP contribution >= 0.6 is 0 Å². The van der Waals surface area contributed by atoms with Crippen LogP contribution in [0.4, 0.5) is 11.4 Å². The van der Waals surface area contributed by atoms with Crippen LogP contribution in [0.2, 0.25) is 0 Å². The van der Waals surface area contributed by atoms with Crippen LogP contribution in [0.25, 0.3) is 0 Å². The van der Waals surface area contributed by atoms with Gasteiger partial charge in [-0.15, -0.1) is 0 Å². The number of rotatable bonds is 6. The van der Waals surface area contributed by atoms with Crippen LogP contribution in [0.1, 0.15) is 18.9 Å². The molecule has 0 aromatic heterocycles. The number of sulfone groups is 1. The molecule has 2 amide bonds. The number of carbonyl (C=O) groups excluding carboxylic acids is 2. The van der Waals surface area contributed by atoms with E-state index in [1.54, 1.807) is 48.5 Å². The lowest BCUT2D eigenvalue weighted by Crippen LogP contribution is -2.17. The zero-order valence-corrected chi connectivity index (χ0v) is 14.9. The molecule has 25 heavy (non-hydrogen) atoms. The average molecular weight is 360 g/mol. The molecule has 0 aliphatic heterocycles. The van der Waals surface area contributed by atoms with Crippen molar-refractivity contribution < 1.29 is 18.0 Å². The second-order valence-electron chi connectivity index (χ2n) is 5.69. The minimum Gasteiger partial charge on any atom is -0.326 e. The molecule has 0 aliphatic carbocycles. The molecule has 0 heterocycles. The first kappa shape index (κ1) is 18.7. The molecule has 2 aromatic rings. The maximum atomic E-state index is 12.2. The van der Waals surface area contributed by atoms with Crippen LogP contribution in [0.15, 0.2) is 53.4 Å². The van der Waals surface area contributed by atoms with E-state index in [4.69, 9.17) is 0 Å². The van der Waals surface area contributed by atoms with Crippen LogP contribution in [-0.2, 0) is 19.4 Å². The van der Waals surface area contributed by atoms with Crippen molar-refractivity contribution in [3.05, 3.63) is 54.1 Å². The number of anilines is 2. The fourth-order valence-corrected chi connectivity index (χ4v) is 3.39. The van der Waals surface area contributed by atoms with Crippen molar-refractivity contribution in [3.8, 4) is 0 Å². The van der Waals surface area contributed by atoms with E-state index in [-0.39, 0.29) is 28.9 Å². The number of nitrogens with one attached hydrogen (secondary N) is 2. The molecule has 0 saturated heterocycles. The summed E-state index contributed by atoms with van der Waals surface area (Å²) in [4.78, 5) is 23.1. The molecule has 0 spiro atoms. The first-order valence-electron chi connectivity index (χ1n) is 7.73. The summed E-state index contributed by atoms with van der Waals surface area (Å²) in [6, 6.07) is 13.1. The zero-order chi connectivity index (χ0) is 18.4. The van der Waals surface area contributed by atoms with Gasteiger partial charge < -0.3 is 10.6 Å². The minimum absolute atomic E-state index is 0.135. The van der Waals surface area contributed by atoms with Crippen molar-refractivity contribution in [3.63, 3.8) is 0 Å². The van der Waals surface area contributed by atoms with Gasteiger partial charge in [-0.05, 0) is 43.3 Å². The zero-order valence-electron chi connectivity index (χ0n) is 14.1. The fourth-order valence-electron chi connectivity index (χ4n) is 2.15. The number of aryl methyl sites for hydroxylation is 1. The molecule has 2 N–H and O–H groups in total. The van der Waals surface area contributed by atoms with Gasteiger partial charge in [-0.2, -0.15) is 0 Å². The Kier molecular flexibility index (Phi) is 5.93. The smallest absolute Gasteiger partial charge is 0.225 e. The highest BCUT2D eigenvalue weighted by Gasteiger charge is 2.16. The lowest BCUT2D eigenvalue weighted by atomic mass is 10.2. The van der Waals surface area contributed by atoms with Gasteiger partial charge in [-0.25, -0.2) is 8.42 Å². The summed E-state index contributed by atoms with van der Waals surface area (Å²) in [5.74, 6) is -0.827. The summed E-state index contributed by atoms with van der Waals surface area (Å²) >= 11 is 0. The third-order valence-corrected chi connectivity index (χ3v) is 5.20. The first-order chi connectivity index (χ1) is 11.8. The van der Waals surface area contributed by atoms with Crippen LogP contribution < -0.4 is 10.6 Å². The molecule has 0 saturated carbocycles. The van der Waals surface area contributed by atoms with Crippen molar-refractivity contribution in [1.29, 1.82) is 0 Å². The van der Waals surface area contributed by atoms with E-state index in [0.717, 1.165) is 5.56 Å². The molecule has 0 fully saturated rings. The molecular weight excluding hydrogens is 340 g/mol. The summed E-state index contributed by atoms with van der Waals surface area (Å²) < 4.78 is 24.5. The molecule has 0 aliphatic rings. The van der Waals surface area contributed by atoms with Gasteiger partial charge in [-0.3, -0.25) is 9.59 Å². The topological polar surface area (TPSA) is 92.3 Å². The maximum absolute atomic E-state index is 12.2. The van der Waals surface area contributed by atoms with Crippen molar-refractivity contribution in [2.24, 2.45) is 0 Å². The van der Waals surface area contributed by atoms with Gasteiger partial charge in [0.2, 0.25) is 11.8 Å². The van der Waals surface area contributed by atoms with Crippen LogP contribution in [0, 0.1) is 6.92 Å². The van der Waals surface area contributed by atoms with Crippen molar-refractivity contribution in [1.82, 2.24) is 0 Å². The summed E-state index contributed by atoms with van der Waals surface area (Å²) in [6.45, 7) is 3.28. The summed E-state index contributed by atoms with van der Waals surface area (Å²) in [5.41, 5.74) is 2.12. The standard InChI is InChI=1S/C18H20N2O4S/c1-13-3-9-17(10-4-13)25(23,24)12-11-18(22)20-16-7-5-15(6-8-16)19-14(2)21/h3-10H,11-12H2,1-2H3,(H,19,21)(H,20,22). The van der Waals surface area contributed by atoms with E-state index in [0.29, 0.717) is 11.4 Å². The molecule has 6 nitrogen and oxygen atoms in total. The molecule has 2 rings (SSSR count). The fraction of sp³-hybridized carbons (Fsp3) is 0.222. The summed E-state index contributed by atoms with van der Waals surface area (Å²) in [7, 11) is -3.49. The average Bonchev–Trinajstić information content (AvgIpc) is 2.55. The highest BCUT2D eigenvalue weighted by atomic mass is 32.2. The second-order valence-corrected chi connectivity index (χ2v) is 7.80. The third-order valence-electron chi connectivity index (χ3n) is 3.47. The predicted octanol–water partition coefficient (Wildman–Crippen LogP) is 2.76. The Hall–Kier alpha value is -2.67. The van der Waals surface area contributed by atoms with Gasteiger partial charge in [0.05, 0.1) is 10.6 Å². The van der Waals surface area contributed by atoms with E-state index in [1.807, 2.05) is 6.92 Å². The Morgan fingerprint density at radius 2 is 1.40 bits per heavy atom. The molecule has 132 valence electrons. The Bertz CT molecular complexity index is 857. The molecule has 0 radical (unpaired) electrons. The highest BCUT2D eigenvalue weighted by molar-refractivity contribution is 7.91. The molecule has 0 unspecified atom stereocenters. The minimum atomic E-state index is -3.49. The number of benzene rings is 2. The van der Waals surface area contributed by atoms with Crippen LogP contribution in [0.3, 0.4) is 0 Å². The normalized spacial score (nSPS) is 11.0. The van der Waals surface area contributed by atoms with Gasteiger partial charge in [-0.1, -0.05) is 17.7 Å². The SMILES string of the molecule is CC(=O)Nc1ccc(NC(=O)CCS(=O)(=O)c2ccc(C)cc2)cc1. The van der Waals surface area contributed by atoms with Crippen molar-refractivity contribution in [2.45, 2.75) is 25.2 Å². The van der Waals surface area contributed by atoms with E-state index in [2.05, 4.69) is 10.6 Å². The van der Waals surface area contributed by atoms with E-state index < -0.39 is 9.84 Å². The largest absolute Gasteiger partial charge is 0.326 e. The Morgan fingerprint density at radius 3 is 1.92 bits per heavy atom. The third kappa shape index (κ3) is 5.72. The molecular formula is C18H20N2O4S. The molecule has 7 heteroatoms. The predicted molar refractivity (Wildman–Crippen MR) is 97.2 cm³/mol. The number of hydrogen-bond donors (Lipinski definition) is 2. The number of amides is 2. The van der Waals surface area contributed by atoms with Gasteiger partial charge >= 0.3 is 0 Å². The first-order valence-corrected chi connectivity index (χ1v) is 9.38. The van der Waals surface area contributed by atoms with Gasteiger partial charge in [0.1, 0.15) is 0 Å². The maximum Gasteiger partial charge on any atom is 0.225 e. The summed E-state index contributed by atoms with van der Waals surface area (Å²) in [6.07, 6.45) is -0.135. The monoisotopic (exact) mass is 360 g/mol. The van der Waals surface area contributed by atoms with Crippen LogP contribution in [-0.4, -0.2) is 26.0 Å². The quantitative estimate of drug-likeness (QED) is 0.828. The number of carbonyl (C=O) groups is 2. The lowest BCUT2D eigenvalue weighted by molar-refractivity contribution is -0.116. The molecule has 2 aromatic carbocycles. The van der Waals surface area contributed by atoms with Gasteiger partial charge in [0.25, 0.3) is 0 Å². The Morgan fingerprint density at radius 1 is 0.880 bits per heavy atom. The van der Waals surface area contributed by atoms with E-state index in [1.165, 1.54) is 6.92 Å². The second kappa shape index (κ2) is 7.94. The molecule has 0 atom stereocenters. The van der Waals surface area contributed by atoms with Gasteiger partial charge in [0, 0.05) is 24.7 Å².